The minimum atomic E-state index is -0.789. The summed E-state index contributed by atoms with van der Waals surface area (Å²) in [7, 11) is 0. The summed E-state index contributed by atoms with van der Waals surface area (Å²) in [6, 6.07) is 9.34. The average molecular weight is 475 g/mol. The minimum absolute atomic E-state index is 0.0683. The SMILES string of the molecule is CCSC(=N)Nc1ccc(-n2cccc2)c(CN(C(=O)OC(C)(C)C)C(=O)OC(C)(C)C)c1. The largest absolute Gasteiger partial charge is 0.443 e. The van der Waals surface area contributed by atoms with Gasteiger partial charge >= 0.3 is 12.2 Å². The van der Waals surface area contributed by atoms with Gasteiger partial charge in [0.05, 0.1) is 12.2 Å². The second kappa shape index (κ2) is 10.8. The zero-order valence-electron chi connectivity index (χ0n) is 20.4. The molecule has 2 rings (SSSR count). The zero-order chi connectivity index (χ0) is 24.8. The molecule has 0 fully saturated rings. The summed E-state index contributed by atoms with van der Waals surface area (Å²) >= 11 is 1.38. The molecule has 0 aliphatic heterocycles. The summed E-state index contributed by atoms with van der Waals surface area (Å²) in [6.45, 7) is 12.4. The third kappa shape index (κ3) is 8.49. The molecule has 180 valence electrons. The van der Waals surface area contributed by atoms with Crippen LogP contribution in [0.2, 0.25) is 0 Å². The van der Waals surface area contributed by atoms with Crippen molar-refractivity contribution >= 4 is 34.8 Å². The fourth-order valence-corrected chi connectivity index (χ4v) is 3.34. The number of aromatic nitrogens is 1. The van der Waals surface area contributed by atoms with Crippen LogP contribution in [0.3, 0.4) is 0 Å². The highest BCUT2D eigenvalue weighted by Crippen LogP contribution is 2.25. The van der Waals surface area contributed by atoms with Crippen LogP contribution in [-0.4, -0.2) is 43.8 Å². The third-order valence-electron chi connectivity index (χ3n) is 4.06. The molecule has 0 aliphatic rings. The number of nitrogens with one attached hydrogen (secondary N) is 2. The number of hydrogen-bond acceptors (Lipinski definition) is 6. The maximum atomic E-state index is 13.0. The number of hydrogen-bond donors (Lipinski definition) is 2. The van der Waals surface area contributed by atoms with Crippen molar-refractivity contribution in [2.75, 3.05) is 11.1 Å². The Balaban J connectivity index is 2.47. The van der Waals surface area contributed by atoms with E-state index in [1.54, 1.807) is 41.5 Å². The highest BCUT2D eigenvalue weighted by atomic mass is 32.2. The predicted molar refractivity (Wildman–Crippen MR) is 133 cm³/mol. The van der Waals surface area contributed by atoms with E-state index in [9.17, 15) is 9.59 Å². The Hall–Kier alpha value is -2.94. The molecular weight excluding hydrogens is 440 g/mol. The number of ether oxygens (including phenoxy) is 2. The summed E-state index contributed by atoms with van der Waals surface area (Å²) < 4.78 is 12.9. The van der Waals surface area contributed by atoms with Crippen LogP contribution >= 0.6 is 11.8 Å². The van der Waals surface area contributed by atoms with Crippen LogP contribution in [0.4, 0.5) is 15.3 Å². The molecule has 2 aromatic rings. The number of carbonyl (C=O) groups is 2. The van der Waals surface area contributed by atoms with Gasteiger partial charge in [0.1, 0.15) is 11.2 Å². The van der Waals surface area contributed by atoms with Gasteiger partial charge in [0, 0.05) is 18.1 Å². The van der Waals surface area contributed by atoms with Gasteiger partial charge in [-0.1, -0.05) is 18.7 Å². The van der Waals surface area contributed by atoms with Gasteiger partial charge in [-0.15, -0.1) is 0 Å². The number of carbonyl (C=O) groups excluding carboxylic acids is 2. The van der Waals surface area contributed by atoms with Gasteiger partial charge in [-0.25, -0.2) is 14.5 Å². The fourth-order valence-electron chi connectivity index (χ4n) is 2.86. The Bertz CT molecular complexity index is 947. The van der Waals surface area contributed by atoms with Crippen LogP contribution in [0.1, 0.15) is 54.0 Å². The van der Waals surface area contributed by atoms with Crippen LogP contribution < -0.4 is 5.32 Å². The number of rotatable bonds is 5. The van der Waals surface area contributed by atoms with E-state index in [0.717, 1.165) is 16.3 Å². The van der Waals surface area contributed by atoms with E-state index in [-0.39, 0.29) is 6.54 Å². The van der Waals surface area contributed by atoms with Crippen LogP contribution in [0.25, 0.3) is 5.69 Å². The Morgan fingerprint density at radius 1 is 1.03 bits per heavy atom. The minimum Gasteiger partial charge on any atom is -0.443 e. The van der Waals surface area contributed by atoms with Crippen LogP contribution in [0, 0.1) is 5.41 Å². The van der Waals surface area contributed by atoms with Crippen molar-refractivity contribution in [2.45, 2.75) is 66.2 Å². The molecule has 0 radical (unpaired) electrons. The van der Waals surface area contributed by atoms with Gasteiger partial charge in [-0.05, 0) is 83.2 Å². The van der Waals surface area contributed by atoms with E-state index in [1.807, 2.05) is 54.2 Å². The number of nitrogens with zero attached hydrogens (tertiary/aromatic N) is 2. The summed E-state index contributed by atoms with van der Waals surface area (Å²) in [6.07, 6.45) is 2.18. The second-order valence-corrected chi connectivity index (χ2v) is 10.6. The van der Waals surface area contributed by atoms with Crippen molar-refractivity contribution in [2.24, 2.45) is 0 Å². The van der Waals surface area contributed by atoms with Crippen molar-refractivity contribution in [1.29, 1.82) is 5.41 Å². The smallest absolute Gasteiger partial charge is 0.420 e. The molecule has 0 atom stereocenters. The number of imide groups is 1. The van der Waals surface area contributed by atoms with Crippen molar-refractivity contribution in [1.82, 2.24) is 9.47 Å². The Morgan fingerprint density at radius 3 is 2.06 bits per heavy atom. The average Bonchev–Trinajstić information content (AvgIpc) is 3.18. The van der Waals surface area contributed by atoms with Crippen LogP contribution in [0.15, 0.2) is 42.7 Å². The Morgan fingerprint density at radius 2 is 1.58 bits per heavy atom. The molecule has 0 bridgehead atoms. The lowest BCUT2D eigenvalue weighted by Crippen LogP contribution is -2.43. The van der Waals surface area contributed by atoms with Crippen molar-refractivity contribution in [3.63, 3.8) is 0 Å². The van der Waals surface area contributed by atoms with E-state index >= 15 is 0 Å². The van der Waals surface area contributed by atoms with Gasteiger partial charge < -0.3 is 19.4 Å². The topological polar surface area (TPSA) is 96.7 Å². The molecule has 0 spiro atoms. The van der Waals surface area contributed by atoms with E-state index < -0.39 is 23.4 Å². The predicted octanol–water partition coefficient (Wildman–Crippen LogP) is 6.25. The Labute approximate surface area is 200 Å². The van der Waals surface area contributed by atoms with Gasteiger partial charge in [-0.3, -0.25) is 5.41 Å². The highest BCUT2D eigenvalue weighted by Gasteiger charge is 2.32. The van der Waals surface area contributed by atoms with Gasteiger partial charge in [-0.2, -0.15) is 0 Å². The lowest BCUT2D eigenvalue weighted by molar-refractivity contribution is -0.000238. The lowest BCUT2D eigenvalue weighted by atomic mass is 10.1. The third-order valence-corrected chi connectivity index (χ3v) is 4.74. The molecule has 1 aromatic carbocycles. The molecular formula is C24H34N4O4S. The van der Waals surface area contributed by atoms with Crippen LogP contribution in [0.5, 0.6) is 0 Å². The molecule has 1 heterocycles. The van der Waals surface area contributed by atoms with Gasteiger partial charge in [0.15, 0.2) is 5.17 Å². The monoisotopic (exact) mass is 474 g/mol. The zero-order valence-corrected chi connectivity index (χ0v) is 21.2. The first-order chi connectivity index (χ1) is 15.3. The molecule has 0 aliphatic carbocycles. The molecule has 33 heavy (non-hydrogen) atoms. The molecule has 0 saturated carbocycles. The first kappa shape index (κ1) is 26.3. The normalized spacial score (nSPS) is 11.6. The highest BCUT2D eigenvalue weighted by molar-refractivity contribution is 8.14. The van der Waals surface area contributed by atoms with Crippen molar-refractivity contribution < 1.29 is 19.1 Å². The van der Waals surface area contributed by atoms with Crippen LogP contribution in [-0.2, 0) is 16.0 Å². The Kier molecular flexibility index (Phi) is 8.60. The first-order valence-electron chi connectivity index (χ1n) is 10.8. The molecule has 8 nitrogen and oxygen atoms in total. The summed E-state index contributed by atoms with van der Waals surface area (Å²) in [4.78, 5) is 26.9. The fraction of sp³-hybridized carbons (Fsp3) is 0.458. The maximum Gasteiger partial charge on any atom is 0.420 e. The molecule has 2 N–H and O–H groups in total. The van der Waals surface area contributed by atoms with Gasteiger partial charge in [0.2, 0.25) is 0 Å². The number of amides is 2. The van der Waals surface area contributed by atoms with E-state index in [0.29, 0.717) is 16.4 Å². The number of thioether (sulfide) groups is 1. The number of benzene rings is 1. The lowest BCUT2D eigenvalue weighted by Gasteiger charge is -2.29. The quantitative estimate of drug-likeness (QED) is 0.393. The van der Waals surface area contributed by atoms with Gasteiger partial charge in [0.25, 0.3) is 0 Å². The molecule has 0 unspecified atom stereocenters. The summed E-state index contributed by atoms with van der Waals surface area (Å²) in [5.41, 5.74) is 0.590. The van der Waals surface area contributed by atoms with E-state index in [2.05, 4.69) is 5.32 Å². The standard InChI is InChI=1S/C24H34N4O4S/c1-8-33-20(25)26-18-11-12-19(27-13-9-10-14-27)17(15-18)16-28(21(29)31-23(2,3)4)22(30)32-24(5,6)7/h9-15H,8,16H2,1-7H3,(H2,25,26). The van der Waals surface area contributed by atoms with E-state index in [1.165, 1.54) is 11.8 Å². The molecule has 1 aromatic heterocycles. The van der Waals surface area contributed by atoms with Crippen molar-refractivity contribution in [3.8, 4) is 5.69 Å². The molecule has 9 heteroatoms. The summed E-state index contributed by atoms with van der Waals surface area (Å²) in [5.74, 6) is 0.769. The second-order valence-electron chi connectivity index (χ2n) is 9.37. The summed E-state index contributed by atoms with van der Waals surface area (Å²) in [5, 5.41) is 11.4. The number of anilines is 1. The van der Waals surface area contributed by atoms with Crippen molar-refractivity contribution in [3.05, 3.63) is 48.3 Å². The van der Waals surface area contributed by atoms with E-state index in [4.69, 9.17) is 14.9 Å². The molecule has 2 amide bonds. The first-order valence-corrected chi connectivity index (χ1v) is 11.8. The number of amidine groups is 1. The molecule has 0 saturated heterocycles. The maximum absolute atomic E-state index is 13.0.